The lowest BCUT2D eigenvalue weighted by molar-refractivity contribution is 0.0707. The first-order valence-electron chi connectivity index (χ1n) is 6.60. The van der Waals surface area contributed by atoms with Gasteiger partial charge in [0.1, 0.15) is 0 Å². The summed E-state index contributed by atoms with van der Waals surface area (Å²) >= 11 is 5.87. The van der Waals surface area contributed by atoms with Crippen LogP contribution < -0.4 is 5.73 Å². The summed E-state index contributed by atoms with van der Waals surface area (Å²) in [5.41, 5.74) is 6.86. The van der Waals surface area contributed by atoms with E-state index in [9.17, 15) is 4.79 Å². The number of benzene rings is 1. The van der Waals surface area contributed by atoms with Crippen molar-refractivity contribution in [2.75, 3.05) is 12.3 Å². The zero-order chi connectivity index (χ0) is 13.8. The molecule has 3 nitrogen and oxygen atoms in total. The predicted octanol–water partition coefficient (Wildman–Crippen LogP) is 3.49. The molecule has 1 aromatic rings. The van der Waals surface area contributed by atoms with Crippen molar-refractivity contribution in [3.8, 4) is 0 Å². The molecular weight excluding hydrogens is 260 g/mol. The molecule has 1 fully saturated rings. The number of nitrogen functional groups attached to an aromatic ring is 1. The number of carbonyl (C=O) groups is 1. The van der Waals surface area contributed by atoms with Gasteiger partial charge >= 0.3 is 0 Å². The average Bonchev–Trinajstić information content (AvgIpc) is 2.89. The third-order valence-electron chi connectivity index (χ3n) is 3.60. The standard InChI is InChI=1S/C15H19ClN2O/c1-2-9-18(12-5-3-4-6-12)15(19)13-8-7-11(16)10-14(13)17/h2,7-8,10,12H,1,3-6,9,17H2. The van der Waals surface area contributed by atoms with E-state index in [1.54, 1.807) is 24.3 Å². The molecule has 0 aliphatic heterocycles. The molecule has 0 bridgehead atoms. The van der Waals surface area contributed by atoms with Gasteiger partial charge in [-0.05, 0) is 31.0 Å². The number of amides is 1. The fraction of sp³-hybridized carbons (Fsp3) is 0.400. The van der Waals surface area contributed by atoms with Crippen molar-refractivity contribution in [3.63, 3.8) is 0 Å². The summed E-state index contributed by atoms with van der Waals surface area (Å²) < 4.78 is 0. The Morgan fingerprint density at radius 1 is 1.47 bits per heavy atom. The van der Waals surface area contributed by atoms with Gasteiger partial charge in [-0.2, -0.15) is 0 Å². The van der Waals surface area contributed by atoms with E-state index in [0.717, 1.165) is 12.8 Å². The van der Waals surface area contributed by atoms with E-state index in [1.807, 2.05) is 4.90 Å². The number of nitrogens with zero attached hydrogens (tertiary/aromatic N) is 1. The molecule has 1 aliphatic carbocycles. The fourth-order valence-corrected chi connectivity index (χ4v) is 2.82. The second-order valence-electron chi connectivity index (χ2n) is 4.92. The van der Waals surface area contributed by atoms with Gasteiger partial charge in [-0.3, -0.25) is 4.79 Å². The Morgan fingerprint density at radius 3 is 2.74 bits per heavy atom. The minimum Gasteiger partial charge on any atom is -0.398 e. The third kappa shape index (κ3) is 3.10. The van der Waals surface area contributed by atoms with Crippen LogP contribution in [0.3, 0.4) is 0 Å². The summed E-state index contributed by atoms with van der Waals surface area (Å²) in [6.45, 7) is 4.30. The van der Waals surface area contributed by atoms with E-state index < -0.39 is 0 Å². The first kappa shape index (κ1) is 13.9. The highest BCUT2D eigenvalue weighted by molar-refractivity contribution is 6.31. The van der Waals surface area contributed by atoms with Crippen molar-refractivity contribution >= 4 is 23.2 Å². The smallest absolute Gasteiger partial charge is 0.256 e. The number of hydrogen-bond donors (Lipinski definition) is 1. The molecule has 0 unspecified atom stereocenters. The Balaban J connectivity index is 2.25. The second kappa shape index (κ2) is 6.11. The molecule has 2 rings (SSSR count). The SMILES string of the molecule is C=CCN(C(=O)c1ccc(Cl)cc1N)C1CCCC1. The first-order chi connectivity index (χ1) is 9.13. The fourth-order valence-electron chi connectivity index (χ4n) is 2.64. The molecule has 0 heterocycles. The van der Waals surface area contributed by atoms with Crippen molar-refractivity contribution in [2.45, 2.75) is 31.7 Å². The van der Waals surface area contributed by atoms with Crippen molar-refractivity contribution in [1.29, 1.82) is 0 Å². The number of anilines is 1. The van der Waals surface area contributed by atoms with Crippen molar-refractivity contribution in [1.82, 2.24) is 4.90 Å². The number of carbonyl (C=O) groups excluding carboxylic acids is 1. The highest BCUT2D eigenvalue weighted by Gasteiger charge is 2.27. The lowest BCUT2D eigenvalue weighted by atomic mass is 10.1. The van der Waals surface area contributed by atoms with E-state index in [1.165, 1.54) is 12.8 Å². The van der Waals surface area contributed by atoms with Crippen LogP contribution in [0.25, 0.3) is 0 Å². The molecule has 0 atom stereocenters. The third-order valence-corrected chi connectivity index (χ3v) is 3.83. The molecule has 0 aromatic heterocycles. The van der Waals surface area contributed by atoms with E-state index in [-0.39, 0.29) is 5.91 Å². The number of hydrogen-bond acceptors (Lipinski definition) is 2. The Morgan fingerprint density at radius 2 is 2.16 bits per heavy atom. The van der Waals surface area contributed by atoms with Gasteiger partial charge < -0.3 is 10.6 Å². The van der Waals surface area contributed by atoms with Gasteiger partial charge in [0.05, 0.1) is 5.56 Å². The summed E-state index contributed by atoms with van der Waals surface area (Å²) in [6.07, 6.45) is 6.26. The van der Waals surface area contributed by atoms with Crippen LogP contribution in [0, 0.1) is 0 Å². The Labute approximate surface area is 119 Å². The predicted molar refractivity (Wildman–Crippen MR) is 79.4 cm³/mol. The maximum atomic E-state index is 12.6. The molecule has 1 aromatic carbocycles. The normalized spacial score (nSPS) is 15.4. The lowest BCUT2D eigenvalue weighted by Crippen LogP contribution is -2.39. The molecule has 0 saturated heterocycles. The van der Waals surface area contributed by atoms with Gasteiger partial charge in [-0.15, -0.1) is 6.58 Å². The Hall–Kier alpha value is -1.48. The van der Waals surface area contributed by atoms with Gasteiger partial charge in [-0.1, -0.05) is 30.5 Å². The molecule has 1 aliphatic rings. The summed E-state index contributed by atoms with van der Waals surface area (Å²) in [6, 6.07) is 5.33. The summed E-state index contributed by atoms with van der Waals surface area (Å²) in [7, 11) is 0. The quantitative estimate of drug-likeness (QED) is 0.677. The number of nitrogens with two attached hydrogens (primary N) is 1. The minimum absolute atomic E-state index is 0.0269. The zero-order valence-electron chi connectivity index (χ0n) is 10.9. The second-order valence-corrected chi connectivity index (χ2v) is 5.35. The largest absolute Gasteiger partial charge is 0.398 e. The van der Waals surface area contributed by atoms with E-state index in [2.05, 4.69) is 6.58 Å². The van der Waals surface area contributed by atoms with Crippen LogP contribution in [-0.2, 0) is 0 Å². The maximum absolute atomic E-state index is 12.6. The number of halogens is 1. The molecule has 2 N–H and O–H groups in total. The maximum Gasteiger partial charge on any atom is 0.256 e. The molecule has 1 saturated carbocycles. The highest BCUT2D eigenvalue weighted by atomic mass is 35.5. The molecule has 4 heteroatoms. The zero-order valence-corrected chi connectivity index (χ0v) is 11.7. The number of rotatable bonds is 4. The minimum atomic E-state index is -0.0269. The van der Waals surface area contributed by atoms with Crippen LogP contribution in [0.5, 0.6) is 0 Å². The van der Waals surface area contributed by atoms with Crippen molar-refractivity contribution in [3.05, 3.63) is 41.4 Å². The van der Waals surface area contributed by atoms with E-state index >= 15 is 0 Å². The molecule has 102 valence electrons. The van der Waals surface area contributed by atoms with Crippen LogP contribution in [0.1, 0.15) is 36.0 Å². The average molecular weight is 279 g/mol. The van der Waals surface area contributed by atoms with Crippen LogP contribution in [-0.4, -0.2) is 23.4 Å². The Bertz CT molecular complexity index is 481. The van der Waals surface area contributed by atoms with Crippen LogP contribution in [0.2, 0.25) is 5.02 Å². The van der Waals surface area contributed by atoms with Gasteiger partial charge in [-0.25, -0.2) is 0 Å². The molecule has 19 heavy (non-hydrogen) atoms. The summed E-state index contributed by atoms with van der Waals surface area (Å²) in [4.78, 5) is 14.5. The Kier molecular flexibility index (Phi) is 4.48. The van der Waals surface area contributed by atoms with Crippen molar-refractivity contribution in [2.24, 2.45) is 0 Å². The van der Waals surface area contributed by atoms with Crippen LogP contribution >= 0.6 is 11.6 Å². The molecule has 0 spiro atoms. The van der Waals surface area contributed by atoms with Gasteiger partial charge in [0.15, 0.2) is 0 Å². The van der Waals surface area contributed by atoms with E-state index in [0.29, 0.717) is 28.9 Å². The molecular formula is C15H19ClN2O. The summed E-state index contributed by atoms with van der Waals surface area (Å²) in [5.74, 6) is -0.0269. The first-order valence-corrected chi connectivity index (χ1v) is 6.98. The summed E-state index contributed by atoms with van der Waals surface area (Å²) in [5, 5.41) is 0.546. The lowest BCUT2D eigenvalue weighted by Gasteiger charge is -2.28. The molecule has 0 radical (unpaired) electrons. The monoisotopic (exact) mass is 278 g/mol. The van der Waals surface area contributed by atoms with Gasteiger partial charge in [0.25, 0.3) is 5.91 Å². The topological polar surface area (TPSA) is 46.3 Å². The van der Waals surface area contributed by atoms with Crippen LogP contribution in [0.4, 0.5) is 5.69 Å². The van der Waals surface area contributed by atoms with Gasteiger partial charge in [0.2, 0.25) is 0 Å². The highest BCUT2D eigenvalue weighted by Crippen LogP contribution is 2.27. The van der Waals surface area contributed by atoms with Crippen molar-refractivity contribution < 1.29 is 4.79 Å². The molecule has 1 amide bonds. The van der Waals surface area contributed by atoms with Gasteiger partial charge in [0, 0.05) is 23.3 Å². The van der Waals surface area contributed by atoms with Crippen LogP contribution in [0.15, 0.2) is 30.9 Å². The van der Waals surface area contributed by atoms with E-state index in [4.69, 9.17) is 17.3 Å².